The number of aryl methyl sites for hydroxylation is 1. The lowest BCUT2D eigenvalue weighted by molar-refractivity contribution is -0.123. The maximum atomic E-state index is 13.3. The van der Waals surface area contributed by atoms with Gasteiger partial charge in [0, 0.05) is 4.90 Å². The first-order valence-corrected chi connectivity index (χ1v) is 13.6. The lowest BCUT2D eigenvalue weighted by Crippen LogP contribution is -2.48. The summed E-state index contributed by atoms with van der Waals surface area (Å²) >= 11 is 1.64. The number of sulfonamides is 1. The van der Waals surface area contributed by atoms with Crippen molar-refractivity contribution in [3.05, 3.63) is 89.5 Å². The Hall–Kier alpha value is -2.81. The van der Waals surface area contributed by atoms with Gasteiger partial charge in [0.2, 0.25) is 15.9 Å². The Kier molecular flexibility index (Phi) is 8.77. The van der Waals surface area contributed by atoms with E-state index in [2.05, 4.69) is 10.0 Å². The van der Waals surface area contributed by atoms with Crippen LogP contribution in [-0.4, -0.2) is 33.7 Å². The predicted molar refractivity (Wildman–Crippen MR) is 137 cm³/mol. The van der Waals surface area contributed by atoms with Crippen LogP contribution in [0.3, 0.4) is 0 Å². The van der Waals surface area contributed by atoms with Gasteiger partial charge in [0.1, 0.15) is 16.7 Å². The molecule has 0 radical (unpaired) electrons. The fraction of sp³-hybridized carbons (Fsp3) is 0.269. The van der Waals surface area contributed by atoms with Crippen LogP contribution in [0.25, 0.3) is 0 Å². The molecule has 0 saturated heterocycles. The Morgan fingerprint density at radius 3 is 2.32 bits per heavy atom. The van der Waals surface area contributed by atoms with E-state index in [-0.39, 0.29) is 23.1 Å². The Labute approximate surface area is 206 Å². The smallest absolute Gasteiger partial charge is 0.244 e. The van der Waals surface area contributed by atoms with Crippen LogP contribution < -0.4 is 14.8 Å². The second-order valence-corrected chi connectivity index (χ2v) is 10.6. The van der Waals surface area contributed by atoms with E-state index in [4.69, 9.17) is 4.74 Å². The summed E-state index contributed by atoms with van der Waals surface area (Å²) in [6.45, 7) is 3.68. The maximum Gasteiger partial charge on any atom is 0.244 e. The lowest BCUT2D eigenvalue weighted by Gasteiger charge is -2.22. The fourth-order valence-corrected chi connectivity index (χ4v) is 5.43. The maximum absolute atomic E-state index is 13.3. The van der Waals surface area contributed by atoms with Crippen LogP contribution in [0.1, 0.15) is 29.7 Å². The van der Waals surface area contributed by atoms with E-state index in [0.29, 0.717) is 0 Å². The molecule has 2 N–H and O–H groups in total. The van der Waals surface area contributed by atoms with Crippen LogP contribution in [0.5, 0.6) is 5.75 Å². The van der Waals surface area contributed by atoms with Crippen LogP contribution in [-0.2, 0) is 21.2 Å². The number of amides is 1. The molecule has 3 aromatic rings. The highest BCUT2D eigenvalue weighted by atomic mass is 32.2. The van der Waals surface area contributed by atoms with Crippen LogP contribution >= 0.6 is 11.8 Å². The van der Waals surface area contributed by atoms with Crippen LogP contribution in [0.2, 0.25) is 0 Å². The van der Waals surface area contributed by atoms with E-state index < -0.39 is 22.0 Å². The van der Waals surface area contributed by atoms with E-state index in [0.717, 1.165) is 21.6 Å². The molecule has 2 atom stereocenters. The Morgan fingerprint density at radius 1 is 1.03 bits per heavy atom. The van der Waals surface area contributed by atoms with Gasteiger partial charge in [-0.25, -0.2) is 8.42 Å². The normalized spacial score (nSPS) is 13.2. The third-order valence-corrected chi connectivity index (χ3v) is 7.72. The summed E-state index contributed by atoms with van der Waals surface area (Å²) in [5.74, 6) is -0.181. The van der Waals surface area contributed by atoms with Crippen molar-refractivity contribution in [1.29, 1.82) is 0 Å². The number of carbonyl (C=O) groups is 1. The molecule has 3 aromatic carbocycles. The molecular formula is C26H30N2O4S2. The average Bonchev–Trinajstić information content (AvgIpc) is 2.84. The standard InChI is InChI=1S/C26H30N2O4S2/c1-18-10-15-24(32-3)25(16-18)34(30,31)28-23(17-20-8-6-5-7-9-20)26(29)27-19(2)21-11-13-22(33-4)14-12-21/h5-16,19,23,28H,17H2,1-4H3,(H,27,29)/t19-,23-/m1/s1. The third kappa shape index (κ3) is 6.62. The number of hydrogen-bond donors (Lipinski definition) is 2. The average molecular weight is 499 g/mol. The van der Waals surface area contributed by atoms with Gasteiger partial charge in [0.25, 0.3) is 0 Å². The minimum absolute atomic E-state index is 0.00145. The molecule has 0 aliphatic heterocycles. The summed E-state index contributed by atoms with van der Waals surface area (Å²) in [5.41, 5.74) is 2.55. The zero-order valence-corrected chi connectivity index (χ0v) is 21.4. The Morgan fingerprint density at radius 2 is 1.71 bits per heavy atom. The molecule has 0 saturated carbocycles. The lowest BCUT2D eigenvalue weighted by atomic mass is 10.0. The number of rotatable bonds is 10. The monoisotopic (exact) mass is 498 g/mol. The molecule has 3 rings (SSSR count). The molecule has 6 nitrogen and oxygen atoms in total. The van der Waals surface area contributed by atoms with Gasteiger partial charge in [-0.3, -0.25) is 4.79 Å². The highest BCUT2D eigenvalue weighted by Gasteiger charge is 2.29. The molecule has 0 aliphatic carbocycles. The molecule has 8 heteroatoms. The molecule has 0 aromatic heterocycles. The van der Waals surface area contributed by atoms with Gasteiger partial charge in [-0.05, 0) is 67.5 Å². The predicted octanol–water partition coefficient (Wildman–Crippen LogP) is 4.49. The zero-order valence-electron chi connectivity index (χ0n) is 19.7. The van der Waals surface area contributed by atoms with Crippen LogP contribution in [0, 0.1) is 6.92 Å². The summed E-state index contributed by atoms with van der Waals surface area (Å²) in [4.78, 5) is 14.4. The van der Waals surface area contributed by atoms with Crippen molar-refractivity contribution in [3.8, 4) is 5.75 Å². The number of carbonyl (C=O) groups excluding carboxylic acids is 1. The second-order valence-electron chi connectivity index (χ2n) is 8.02. The topological polar surface area (TPSA) is 84.5 Å². The largest absolute Gasteiger partial charge is 0.495 e. The van der Waals surface area contributed by atoms with Gasteiger partial charge in [-0.2, -0.15) is 4.72 Å². The number of ether oxygens (including phenoxy) is 1. The van der Waals surface area contributed by atoms with Gasteiger partial charge < -0.3 is 10.1 Å². The van der Waals surface area contributed by atoms with Crippen LogP contribution in [0.15, 0.2) is 82.6 Å². The van der Waals surface area contributed by atoms with Gasteiger partial charge >= 0.3 is 0 Å². The first-order chi connectivity index (χ1) is 16.2. The molecular weight excluding hydrogens is 468 g/mol. The van der Waals surface area contributed by atoms with Crippen molar-refractivity contribution in [2.75, 3.05) is 13.4 Å². The summed E-state index contributed by atoms with van der Waals surface area (Å²) in [5, 5.41) is 2.96. The number of hydrogen-bond acceptors (Lipinski definition) is 5. The SMILES string of the molecule is COc1ccc(C)cc1S(=O)(=O)N[C@H](Cc1ccccc1)C(=O)N[C@H](C)c1ccc(SC)cc1. The molecule has 0 bridgehead atoms. The van der Waals surface area contributed by atoms with Crippen molar-refractivity contribution >= 4 is 27.7 Å². The highest BCUT2D eigenvalue weighted by molar-refractivity contribution is 7.98. The quantitative estimate of drug-likeness (QED) is 0.402. The minimum atomic E-state index is -4.04. The van der Waals surface area contributed by atoms with Crippen LogP contribution in [0.4, 0.5) is 0 Å². The van der Waals surface area contributed by atoms with Crippen molar-refractivity contribution in [2.45, 2.75) is 42.1 Å². The summed E-state index contributed by atoms with van der Waals surface area (Å²) in [6, 6.07) is 20.9. The van der Waals surface area contributed by atoms with Gasteiger partial charge in [-0.15, -0.1) is 11.8 Å². The Bertz CT molecular complexity index is 1210. The second kappa shape index (κ2) is 11.6. The highest BCUT2D eigenvalue weighted by Crippen LogP contribution is 2.25. The van der Waals surface area contributed by atoms with Gasteiger partial charge in [-0.1, -0.05) is 48.5 Å². The molecule has 0 fully saturated rings. The third-order valence-electron chi connectivity index (χ3n) is 5.48. The molecule has 0 unspecified atom stereocenters. The molecule has 180 valence electrons. The molecule has 1 amide bonds. The fourth-order valence-electron chi connectivity index (χ4n) is 3.57. The molecule has 34 heavy (non-hydrogen) atoms. The van der Waals surface area contributed by atoms with E-state index in [1.807, 2.05) is 67.8 Å². The van der Waals surface area contributed by atoms with Gasteiger partial charge in [0.05, 0.1) is 13.2 Å². The molecule has 0 spiro atoms. The van der Waals surface area contributed by atoms with Gasteiger partial charge in [0.15, 0.2) is 0 Å². The number of thioether (sulfide) groups is 1. The summed E-state index contributed by atoms with van der Waals surface area (Å²) < 4.78 is 34.5. The van der Waals surface area contributed by atoms with Crippen molar-refractivity contribution in [3.63, 3.8) is 0 Å². The van der Waals surface area contributed by atoms with E-state index in [1.54, 1.807) is 30.8 Å². The number of benzene rings is 3. The first-order valence-electron chi connectivity index (χ1n) is 10.9. The van der Waals surface area contributed by atoms with Crippen molar-refractivity contribution < 1.29 is 17.9 Å². The van der Waals surface area contributed by atoms with E-state index in [9.17, 15) is 13.2 Å². The minimum Gasteiger partial charge on any atom is -0.495 e. The van der Waals surface area contributed by atoms with Crippen molar-refractivity contribution in [2.24, 2.45) is 0 Å². The number of nitrogens with one attached hydrogen (secondary N) is 2. The van der Waals surface area contributed by atoms with E-state index >= 15 is 0 Å². The summed E-state index contributed by atoms with van der Waals surface area (Å²) in [6.07, 6.45) is 2.21. The zero-order chi connectivity index (χ0) is 24.7. The van der Waals surface area contributed by atoms with Crippen molar-refractivity contribution in [1.82, 2.24) is 10.0 Å². The molecule has 0 heterocycles. The number of methoxy groups -OCH3 is 1. The molecule has 0 aliphatic rings. The Balaban J connectivity index is 1.87. The first kappa shape index (κ1) is 25.8. The van der Waals surface area contributed by atoms with E-state index in [1.165, 1.54) is 13.2 Å². The summed E-state index contributed by atoms with van der Waals surface area (Å²) in [7, 11) is -2.62.